The zero-order valence-electron chi connectivity index (χ0n) is 15.2. The molecule has 2 bridgehead atoms. The topological polar surface area (TPSA) is 76.1 Å². The quantitative estimate of drug-likeness (QED) is 0.884. The molecule has 1 N–H and O–H groups in total. The molecule has 138 valence electrons. The van der Waals surface area contributed by atoms with Gasteiger partial charge in [-0.15, -0.1) is 0 Å². The largest absolute Gasteiger partial charge is 0.493 e. The summed E-state index contributed by atoms with van der Waals surface area (Å²) in [6.07, 6.45) is 2.25. The van der Waals surface area contributed by atoms with Crippen LogP contribution in [0.2, 0.25) is 0 Å². The molecule has 2 aliphatic heterocycles. The van der Waals surface area contributed by atoms with Gasteiger partial charge in [0.05, 0.1) is 38.3 Å². The molecule has 1 amide bonds. The monoisotopic (exact) mass is 349 g/mol. The normalized spacial score (nSPS) is 21.3. The number of carboxylic acid groups (broad SMARTS) is 1. The van der Waals surface area contributed by atoms with Gasteiger partial charge >= 0.3 is 5.97 Å². The lowest BCUT2D eigenvalue weighted by Gasteiger charge is -2.34. The lowest BCUT2D eigenvalue weighted by atomic mass is 10.1. The summed E-state index contributed by atoms with van der Waals surface area (Å²) in [6.45, 7) is 7.41. The Bertz CT molecular complexity index is 600. The van der Waals surface area contributed by atoms with E-state index in [9.17, 15) is 14.7 Å². The molecule has 2 unspecified atom stereocenters. The van der Waals surface area contributed by atoms with Gasteiger partial charge in [0.15, 0.2) is 0 Å². The van der Waals surface area contributed by atoms with Gasteiger partial charge in [-0.3, -0.25) is 4.79 Å². The number of carbonyl (C=O) groups is 2. The van der Waals surface area contributed by atoms with E-state index in [0.717, 1.165) is 18.4 Å². The molecule has 1 aromatic rings. The molecule has 0 radical (unpaired) electrons. The SMILES string of the molecule is CC.CCOc1cc(CC(=O)N2C3CCC2COC3)ccc1C(=O)O. The molecule has 2 saturated heterocycles. The first kappa shape index (κ1) is 19.2. The average molecular weight is 349 g/mol. The highest BCUT2D eigenvalue weighted by Crippen LogP contribution is 2.30. The fourth-order valence-corrected chi connectivity index (χ4v) is 3.43. The third-order valence-electron chi connectivity index (χ3n) is 4.46. The van der Waals surface area contributed by atoms with Crippen LogP contribution < -0.4 is 4.74 Å². The van der Waals surface area contributed by atoms with Gasteiger partial charge in [0.25, 0.3) is 0 Å². The molecule has 1 aromatic carbocycles. The van der Waals surface area contributed by atoms with E-state index in [0.29, 0.717) is 25.6 Å². The average Bonchev–Trinajstić information content (AvgIpc) is 2.86. The second-order valence-corrected chi connectivity index (χ2v) is 5.97. The number of benzene rings is 1. The van der Waals surface area contributed by atoms with Gasteiger partial charge in [-0.2, -0.15) is 0 Å². The van der Waals surface area contributed by atoms with E-state index in [4.69, 9.17) is 9.47 Å². The number of hydrogen-bond donors (Lipinski definition) is 1. The number of amides is 1. The summed E-state index contributed by atoms with van der Waals surface area (Å²) in [5, 5.41) is 9.18. The number of fused-ring (bicyclic) bond motifs is 2. The minimum absolute atomic E-state index is 0.0753. The van der Waals surface area contributed by atoms with Crippen LogP contribution in [-0.4, -0.2) is 53.8 Å². The van der Waals surface area contributed by atoms with Crippen molar-refractivity contribution in [2.45, 2.75) is 52.1 Å². The summed E-state index contributed by atoms with van der Waals surface area (Å²) in [7, 11) is 0. The molecule has 3 rings (SSSR count). The second-order valence-electron chi connectivity index (χ2n) is 5.97. The third kappa shape index (κ3) is 4.31. The van der Waals surface area contributed by atoms with Crippen LogP contribution in [0.1, 0.15) is 49.5 Å². The van der Waals surface area contributed by atoms with Crippen molar-refractivity contribution in [3.05, 3.63) is 29.3 Å². The van der Waals surface area contributed by atoms with Crippen molar-refractivity contribution in [3.63, 3.8) is 0 Å². The Morgan fingerprint density at radius 1 is 1.24 bits per heavy atom. The standard InChI is InChI=1S/C17H21NO5.C2H6/c1-2-23-15-7-11(3-6-14(15)17(20)21)8-16(19)18-12-4-5-13(18)10-22-9-12;1-2/h3,6-7,12-13H,2,4-5,8-10H2,1H3,(H,20,21);1-2H3. The Morgan fingerprint density at radius 2 is 1.88 bits per heavy atom. The molecule has 0 spiro atoms. The van der Waals surface area contributed by atoms with Crippen molar-refractivity contribution in [2.75, 3.05) is 19.8 Å². The fraction of sp³-hybridized carbons (Fsp3) is 0.579. The van der Waals surface area contributed by atoms with Gasteiger partial charge in [0.2, 0.25) is 5.91 Å². The van der Waals surface area contributed by atoms with E-state index < -0.39 is 5.97 Å². The van der Waals surface area contributed by atoms with Crippen LogP contribution in [-0.2, 0) is 16.0 Å². The van der Waals surface area contributed by atoms with E-state index >= 15 is 0 Å². The predicted octanol–water partition coefficient (Wildman–Crippen LogP) is 2.74. The lowest BCUT2D eigenvalue weighted by Crippen LogP contribution is -2.49. The molecule has 6 nitrogen and oxygen atoms in total. The maximum Gasteiger partial charge on any atom is 0.339 e. The number of carbonyl (C=O) groups excluding carboxylic acids is 1. The Labute approximate surface area is 148 Å². The Balaban J connectivity index is 0.00000109. The Kier molecular flexibility index (Phi) is 6.82. The van der Waals surface area contributed by atoms with Crippen LogP contribution in [0.15, 0.2) is 18.2 Å². The first-order valence-electron chi connectivity index (χ1n) is 8.98. The van der Waals surface area contributed by atoms with Crippen LogP contribution >= 0.6 is 0 Å². The zero-order valence-corrected chi connectivity index (χ0v) is 15.2. The summed E-state index contributed by atoms with van der Waals surface area (Å²) in [4.78, 5) is 25.8. The number of hydrogen-bond acceptors (Lipinski definition) is 4. The molecule has 0 aliphatic carbocycles. The number of morpholine rings is 1. The van der Waals surface area contributed by atoms with Crippen LogP contribution in [0.25, 0.3) is 0 Å². The second kappa shape index (κ2) is 8.85. The molecular weight excluding hydrogens is 322 g/mol. The highest BCUT2D eigenvalue weighted by atomic mass is 16.5. The molecule has 25 heavy (non-hydrogen) atoms. The number of aromatic carboxylic acids is 1. The van der Waals surface area contributed by atoms with Gasteiger partial charge in [0, 0.05) is 0 Å². The summed E-state index contributed by atoms with van der Waals surface area (Å²) in [5.41, 5.74) is 0.892. The number of carboxylic acids is 1. The Morgan fingerprint density at radius 3 is 2.44 bits per heavy atom. The van der Waals surface area contributed by atoms with Gasteiger partial charge in [0.1, 0.15) is 11.3 Å². The van der Waals surface area contributed by atoms with Crippen molar-refractivity contribution in [1.29, 1.82) is 0 Å². The summed E-state index contributed by atoms with van der Waals surface area (Å²) < 4.78 is 10.9. The molecule has 0 saturated carbocycles. The van der Waals surface area contributed by atoms with Crippen molar-refractivity contribution in [1.82, 2.24) is 4.90 Å². The van der Waals surface area contributed by atoms with E-state index in [1.807, 2.05) is 18.7 Å². The maximum absolute atomic E-state index is 12.6. The summed E-state index contributed by atoms with van der Waals surface area (Å²) in [6, 6.07) is 5.22. The van der Waals surface area contributed by atoms with Crippen LogP contribution in [0.5, 0.6) is 5.75 Å². The van der Waals surface area contributed by atoms with Crippen LogP contribution in [0.3, 0.4) is 0 Å². The van der Waals surface area contributed by atoms with E-state index in [-0.39, 0.29) is 30.0 Å². The molecule has 2 fully saturated rings. The van der Waals surface area contributed by atoms with Crippen LogP contribution in [0, 0.1) is 0 Å². The maximum atomic E-state index is 12.6. The third-order valence-corrected chi connectivity index (χ3v) is 4.46. The first-order chi connectivity index (χ1) is 12.1. The van der Waals surface area contributed by atoms with Gasteiger partial charge in [-0.25, -0.2) is 4.79 Å². The highest BCUT2D eigenvalue weighted by molar-refractivity contribution is 5.91. The molecule has 2 heterocycles. The number of rotatable bonds is 5. The summed E-state index contributed by atoms with van der Waals surface area (Å²) in [5.74, 6) is -0.640. The van der Waals surface area contributed by atoms with E-state index in [2.05, 4.69) is 0 Å². The predicted molar refractivity (Wildman–Crippen MR) is 94.1 cm³/mol. The van der Waals surface area contributed by atoms with Crippen molar-refractivity contribution in [3.8, 4) is 5.75 Å². The van der Waals surface area contributed by atoms with Crippen molar-refractivity contribution < 1.29 is 24.2 Å². The fourth-order valence-electron chi connectivity index (χ4n) is 3.43. The van der Waals surface area contributed by atoms with Crippen molar-refractivity contribution in [2.24, 2.45) is 0 Å². The van der Waals surface area contributed by atoms with Gasteiger partial charge in [-0.1, -0.05) is 19.9 Å². The smallest absolute Gasteiger partial charge is 0.339 e. The summed E-state index contributed by atoms with van der Waals surface area (Å²) >= 11 is 0. The Hall–Kier alpha value is -2.08. The minimum atomic E-state index is -1.03. The zero-order chi connectivity index (χ0) is 18.4. The van der Waals surface area contributed by atoms with E-state index in [1.54, 1.807) is 19.1 Å². The van der Waals surface area contributed by atoms with Gasteiger partial charge in [-0.05, 0) is 37.5 Å². The molecule has 0 aromatic heterocycles. The van der Waals surface area contributed by atoms with Crippen LogP contribution in [0.4, 0.5) is 0 Å². The molecule has 2 atom stereocenters. The molecular formula is C19H27NO5. The van der Waals surface area contributed by atoms with E-state index in [1.165, 1.54) is 6.07 Å². The molecule has 6 heteroatoms. The molecule has 2 aliphatic rings. The van der Waals surface area contributed by atoms with Crippen molar-refractivity contribution >= 4 is 11.9 Å². The van der Waals surface area contributed by atoms with Gasteiger partial charge < -0.3 is 19.5 Å². The lowest BCUT2D eigenvalue weighted by molar-refractivity contribution is -0.140. The minimum Gasteiger partial charge on any atom is -0.493 e. The first-order valence-corrected chi connectivity index (χ1v) is 8.98. The number of ether oxygens (including phenoxy) is 2. The highest BCUT2D eigenvalue weighted by Gasteiger charge is 2.40. The number of nitrogens with zero attached hydrogens (tertiary/aromatic N) is 1.